The summed E-state index contributed by atoms with van der Waals surface area (Å²) in [5.74, 6) is 0.0487. The van der Waals surface area contributed by atoms with Crippen molar-refractivity contribution in [3.8, 4) is 0 Å². The molecule has 21 heavy (non-hydrogen) atoms. The van der Waals surface area contributed by atoms with Gasteiger partial charge in [-0.25, -0.2) is 0 Å². The molecular formula is C17H24N2O2. The van der Waals surface area contributed by atoms with Gasteiger partial charge >= 0.3 is 0 Å². The van der Waals surface area contributed by atoms with Crippen LogP contribution in [-0.4, -0.2) is 49.2 Å². The average molecular weight is 288 g/mol. The molecular weight excluding hydrogens is 264 g/mol. The first-order valence-electron chi connectivity index (χ1n) is 7.88. The zero-order valence-electron chi connectivity index (χ0n) is 12.7. The smallest absolute Gasteiger partial charge is 0.251 e. The van der Waals surface area contributed by atoms with Crippen molar-refractivity contribution in [2.45, 2.75) is 31.7 Å². The van der Waals surface area contributed by atoms with E-state index in [1.807, 2.05) is 31.2 Å². The highest BCUT2D eigenvalue weighted by Crippen LogP contribution is 2.37. The molecule has 0 aromatic heterocycles. The normalized spacial score (nSPS) is 21.6. The SMILES string of the molecule is Cc1ccccc1C(=O)NCC1(N2CCOCC2)CCC1. The van der Waals surface area contributed by atoms with Gasteiger partial charge in [0.1, 0.15) is 0 Å². The van der Waals surface area contributed by atoms with E-state index in [4.69, 9.17) is 4.74 Å². The maximum Gasteiger partial charge on any atom is 0.251 e. The molecule has 1 N–H and O–H groups in total. The lowest BCUT2D eigenvalue weighted by atomic mass is 9.75. The van der Waals surface area contributed by atoms with Crippen molar-refractivity contribution in [2.75, 3.05) is 32.8 Å². The number of amides is 1. The van der Waals surface area contributed by atoms with E-state index in [1.54, 1.807) is 0 Å². The van der Waals surface area contributed by atoms with Crippen LogP contribution < -0.4 is 5.32 Å². The number of ether oxygens (including phenoxy) is 1. The maximum atomic E-state index is 12.4. The Bertz CT molecular complexity index is 505. The Morgan fingerprint density at radius 3 is 2.62 bits per heavy atom. The number of hydrogen-bond donors (Lipinski definition) is 1. The standard InChI is InChI=1S/C17H24N2O2/c1-14-5-2-3-6-15(14)16(20)18-13-17(7-4-8-17)19-9-11-21-12-10-19/h2-3,5-6H,4,7-13H2,1H3,(H,18,20). The van der Waals surface area contributed by atoms with Gasteiger partial charge < -0.3 is 10.1 Å². The summed E-state index contributed by atoms with van der Waals surface area (Å²) < 4.78 is 5.45. The molecule has 0 unspecified atom stereocenters. The van der Waals surface area contributed by atoms with Gasteiger partial charge in [0, 0.05) is 30.7 Å². The van der Waals surface area contributed by atoms with Crippen LogP contribution in [0.1, 0.15) is 35.2 Å². The number of rotatable bonds is 4. The highest BCUT2D eigenvalue weighted by Gasteiger charge is 2.42. The van der Waals surface area contributed by atoms with Crippen LogP contribution >= 0.6 is 0 Å². The molecule has 1 heterocycles. The second-order valence-electron chi connectivity index (χ2n) is 6.17. The van der Waals surface area contributed by atoms with E-state index in [2.05, 4.69) is 10.2 Å². The predicted octanol–water partition coefficient (Wildman–Crippen LogP) is 1.98. The molecule has 4 heteroatoms. The minimum atomic E-state index is 0.0487. The molecule has 1 aliphatic heterocycles. The van der Waals surface area contributed by atoms with Crippen LogP contribution in [-0.2, 0) is 4.74 Å². The highest BCUT2D eigenvalue weighted by atomic mass is 16.5. The zero-order valence-corrected chi connectivity index (χ0v) is 12.7. The number of carbonyl (C=O) groups excluding carboxylic acids is 1. The molecule has 2 fully saturated rings. The molecule has 1 amide bonds. The summed E-state index contributed by atoms with van der Waals surface area (Å²) in [6.45, 7) is 6.33. The van der Waals surface area contributed by atoms with E-state index >= 15 is 0 Å². The summed E-state index contributed by atoms with van der Waals surface area (Å²) in [6, 6.07) is 7.76. The van der Waals surface area contributed by atoms with Crippen LogP contribution in [0.15, 0.2) is 24.3 Å². The third-order valence-electron chi connectivity index (χ3n) is 4.93. The first kappa shape index (κ1) is 14.5. The number of morpholine rings is 1. The second kappa shape index (κ2) is 6.16. The monoisotopic (exact) mass is 288 g/mol. The van der Waals surface area contributed by atoms with Crippen LogP contribution in [0.4, 0.5) is 0 Å². The summed E-state index contributed by atoms with van der Waals surface area (Å²) in [6.07, 6.45) is 3.62. The molecule has 0 radical (unpaired) electrons. The van der Waals surface area contributed by atoms with Crippen molar-refractivity contribution in [3.05, 3.63) is 35.4 Å². The van der Waals surface area contributed by atoms with E-state index in [0.29, 0.717) is 0 Å². The summed E-state index contributed by atoms with van der Waals surface area (Å²) in [4.78, 5) is 14.9. The Kier molecular flexibility index (Phi) is 4.27. The number of carbonyl (C=O) groups is 1. The Morgan fingerprint density at radius 2 is 2.00 bits per heavy atom. The quantitative estimate of drug-likeness (QED) is 0.921. The van der Waals surface area contributed by atoms with Gasteiger partial charge in [0.05, 0.1) is 13.2 Å². The van der Waals surface area contributed by atoms with E-state index in [1.165, 1.54) is 19.3 Å². The summed E-state index contributed by atoms with van der Waals surface area (Å²) in [5, 5.41) is 3.16. The van der Waals surface area contributed by atoms with Crippen LogP contribution in [0.2, 0.25) is 0 Å². The molecule has 1 aliphatic carbocycles. The Labute approximate surface area is 126 Å². The lowest BCUT2D eigenvalue weighted by Gasteiger charge is -2.51. The third kappa shape index (κ3) is 2.97. The van der Waals surface area contributed by atoms with Gasteiger partial charge in [0.15, 0.2) is 0 Å². The minimum absolute atomic E-state index is 0.0487. The van der Waals surface area contributed by atoms with Crippen molar-refractivity contribution < 1.29 is 9.53 Å². The highest BCUT2D eigenvalue weighted by molar-refractivity contribution is 5.95. The number of aryl methyl sites for hydroxylation is 1. The lowest BCUT2D eigenvalue weighted by molar-refractivity contribution is -0.0540. The Balaban J connectivity index is 1.63. The van der Waals surface area contributed by atoms with Crippen LogP contribution in [0, 0.1) is 6.92 Å². The van der Waals surface area contributed by atoms with Crippen molar-refractivity contribution in [1.82, 2.24) is 10.2 Å². The number of hydrogen-bond acceptors (Lipinski definition) is 3. The van der Waals surface area contributed by atoms with E-state index in [-0.39, 0.29) is 11.4 Å². The average Bonchev–Trinajstić information content (AvgIpc) is 2.47. The van der Waals surface area contributed by atoms with Crippen molar-refractivity contribution in [2.24, 2.45) is 0 Å². The van der Waals surface area contributed by atoms with Gasteiger partial charge in [0.25, 0.3) is 5.91 Å². The largest absolute Gasteiger partial charge is 0.379 e. The molecule has 3 rings (SSSR count). The van der Waals surface area contributed by atoms with Gasteiger partial charge in [-0.15, -0.1) is 0 Å². The number of benzene rings is 1. The Morgan fingerprint density at radius 1 is 1.29 bits per heavy atom. The third-order valence-corrected chi connectivity index (χ3v) is 4.93. The number of nitrogens with one attached hydrogen (secondary N) is 1. The van der Waals surface area contributed by atoms with Crippen molar-refractivity contribution in [1.29, 1.82) is 0 Å². The zero-order chi connectivity index (χ0) is 14.7. The summed E-state index contributed by atoms with van der Waals surface area (Å²) in [5.41, 5.74) is 1.99. The first-order chi connectivity index (χ1) is 10.2. The van der Waals surface area contributed by atoms with Crippen LogP contribution in [0.25, 0.3) is 0 Å². The fourth-order valence-corrected chi connectivity index (χ4v) is 3.40. The molecule has 2 aliphatic rings. The van der Waals surface area contributed by atoms with E-state index in [9.17, 15) is 4.79 Å². The van der Waals surface area contributed by atoms with Gasteiger partial charge in [-0.2, -0.15) is 0 Å². The fourth-order valence-electron chi connectivity index (χ4n) is 3.40. The molecule has 0 spiro atoms. The van der Waals surface area contributed by atoms with Gasteiger partial charge in [-0.05, 0) is 37.8 Å². The molecule has 0 bridgehead atoms. The molecule has 1 saturated carbocycles. The van der Waals surface area contributed by atoms with Crippen LogP contribution in [0.3, 0.4) is 0 Å². The molecule has 1 aromatic rings. The Hall–Kier alpha value is -1.39. The molecule has 4 nitrogen and oxygen atoms in total. The molecule has 0 atom stereocenters. The van der Waals surface area contributed by atoms with Crippen molar-refractivity contribution >= 4 is 5.91 Å². The molecule has 1 aromatic carbocycles. The number of nitrogens with zero attached hydrogens (tertiary/aromatic N) is 1. The molecule has 114 valence electrons. The van der Waals surface area contributed by atoms with Gasteiger partial charge in [-0.3, -0.25) is 9.69 Å². The molecule has 1 saturated heterocycles. The second-order valence-corrected chi connectivity index (χ2v) is 6.17. The van der Waals surface area contributed by atoms with E-state index < -0.39 is 0 Å². The topological polar surface area (TPSA) is 41.6 Å². The van der Waals surface area contributed by atoms with Crippen LogP contribution in [0.5, 0.6) is 0 Å². The first-order valence-corrected chi connectivity index (χ1v) is 7.88. The lowest BCUT2D eigenvalue weighted by Crippen LogP contribution is -2.62. The van der Waals surface area contributed by atoms with Crippen molar-refractivity contribution in [3.63, 3.8) is 0 Å². The van der Waals surface area contributed by atoms with E-state index in [0.717, 1.165) is 44.0 Å². The van der Waals surface area contributed by atoms with Gasteiger partial charge in [-0.1, -0.05) is 18.2 Å². The van der Waals surface area contributed by atoms with Gasteiger partial charge in [0.2, 0.25) is 0 Å². The fraction of sp³-hybridized carbons (Fsp3) is 0.588. The summed E-state index contributed by atoms with van der Waals surface area (Å²) >= 11 is 0. The maximum absolute atomic E-state index is 12.4. The summed E-state index contributed by atoms with van der Waals surface area (Å²) in [7, 11) is 0. The minimum Gasteiger partial charge on any atom is -0.379 e. The predicted molar refractivity (Wildman–Crippen MR) is 82.5 cm³/mol.